The molecule has 6 heteroatoms. The number of rotatable bonds is 6. The summed E-state index contributed by atoms with van der Waals surface area (Å²) < 4.78 is 16.5. The zero-order valence-corrected chi connectivity index (χ0v) is 16.5. The second kappa shape index (κ2) is 8.14. The summed E-state index contributed by atoms with van der Waals surface area (Å²) in [4.78, 5) is 13.4. The van der Waals surface area contributed by atoms with Crippen LogP contribution in [0.3, 0.4) is 0 Å². The van der Waals surface area contributed by atoms with E-state index in [2.05, 4.69) is 16.0 Å². The molecule has 6 nitrogen and oxygen atoms in total. The fraction of sp³-hybridized carbons (Fsp3) is 0.174. The molecule has 0 saturated heterocycles. The van der Waals surface area contributed by atoms with Gasteiger partial charge in [-0.25, -0.2) is 15.0 Å². The minimum atomic E-state index is 0.417. The number of hydrogen-bond acceptors (Lipinski definition) is 6. The molecule has 0 spiro atoms. The Balaban J connectivity index is 1.68. The summed E-state index contributed by atoms with van der Waals surface area (Å²) in [7, 11) is 3.24. The summed E-state index contributed by atoms with van der Waals surface area (Å²) in [6, 6.07) is 15.8. The Hall–Kier alpha value is -3.67. The maximum Gasteiger partial charge on any atom is 0.178 e. The Kier molecular flexibility index (Phi) is 5.24. The summed E-state index contributed by atoms with van der Waals surface area (Å²) in [5.41, 5.74) is 3.58. The van der Waals surface area contributed by atoms with Crippen LogP contribution in [0, 0.1) is 6.92 Å². The van der Waals surface area contributed by atoms with Crippen molar-refractivity contribution in [1.82, 2.24) is 15.0 Å². The topological polar surface area (TPSA) is 66.4 Å². The van der Waals surface area contributed by atoms with E-state index in [-0.39, 0.29) is 0 Å². The molecule has 0 fully saturated rings. The fourth-order valence-corrected chi connectivity index (χ4v) is 3.06. The number of nitrogens with zero attached hydrogens (tertiary/aromatic N) is 3. The molecule has 2 aromatic heterocycles. The molecule has 2 heterocycles. The summed E-state index contributed by atoms with van der Waals surface area (Å²) in [5.74, 6) is 2.66. The van der Waals surface area contributed by atoms with Crippen LogP contribution in [0.1, 0.15) is 11.1 Å². The molecule has 146 valence electrons. The largest absolute Gasteiger partial charge is 0.497 e. The third-order valence-corrected chi connectivity index (χ3v) is 4.52. The highest BCUT2D eigenvalue weighted by Crippen LogP contribution is 2.29. The van der Waals surface area contributed by atoms with Gasteiger partial charge < -0.3 is 14.2 Å². The molecule has 0 N–H and O–H groups in total. The third kappa shape index (κ3) is 4.11. The van der Waals surface area contributed by atoms with Crippen molar-refractivity contribution in [2.45, 2.75) is 13.5 Å². The zero-order valence-electron chi connectivity index (χ0n) is 16.5. The van der Waals surface area contributed by atoms with Crippen LogP contribution in [0.5, 0.6) is 17.2 Å². The summed E-state index contributed by atoms with van der Waals surface area (Å²) in [6.45, 7) is 2.46. The number of aryl methyl sites for hydroxylation is 1. The Labute approximate surface area is 169 Å². The van der Waals surface area contributed by atoms with Crippen LogP contribution < -0.4 is 14.2 Å². The van der Waals surface area contributed by atoms with Gasteiger partial charge >= 0.3 is 0 Å². The number of pyridine rings is 1. The van der Waals surface area contributed by atoms with E-state index >= 15 is 0 Å². The van der Waals surface area contributed by atoms with E-state index in [0.717, 1.165) is 33.5 Å². The van der Waals surface area contributed by atoms with Crippen LogP contribution in [0.25, 0.3) is 22.4 Å². The van der Waals surface area contributed by atoms with Crippen LogP contribution >= 0.6 is 0 Å². The van der Waals surface area contributed by atoms with E-state index in [9.17, 15) is 0 Å². The highest BCUT2D eigenvalue weighted by Gasteiger charge is 2.10. The van der Waals surface area contributed by atoms with E-state index in [4.69, 9.17) is 19.2 Å². The first kappa shape index (κ1) is 18.7. The van der Waals surface area contributed by atoms with Gasteiger partial charge in [-0.15, -0.1) is 0 Å². The second-order valence-corrected chi connectivity index (χ2v) is 6.62. The number of fused-ring (bicyclic) bond motifs is 1. The number of ether oxygens (including phenoxy) is 3. The average Bonchev–Trinajstić information content (AvgIpc) is 2.77. The van der Waals surface area contributed by atoms with Gasteiger partial charge in [0.2, 0.25) is 0 Å². The highest BCUT2D eigenvalue weighted by atomic mass is 16.5. The van der Waals surface area contributed by atoms with Crippen molar-refractivity contribution >= 4 is 10.9 Å². The predicted molar refractivity (Wildman–Crippen MR) is 111 cm³/mol. The molecule has 29 heavy (non-hydrogen) atoms. The van der Waals surface area contributed by atoms with Crippen molar-refractivity contribution in [2.75, 3.05) is 14.2 Å². The molecule has 0 radical (unpaired) electrons. The van der Waals surface area contributed by atoms with Gasteiger partial charge in [0.25, 0.3) is 0 Å². The standard InChI is InChI=1S/C23H21N3O3/c1-15-9-17-7-8-20(23-24-12-19(28-3)13-25-23)26-22(17)21(10-15)29-14-16-5-4-6-18(11-16)27-2/h4-13H,14H2,1-3H3. The first-order valence-electron chi connectivity index (χ1n) is 9.20. The molecular formula is C23H21N3O3. The Morgan fingerprint density at radius 2 is 1.66 bits per heavy atom. The molecule has 0 aliphatic carbocycles. The van der Waals surface area contributed by atoms with Gasteiger partial charge in [0.15, 0.2) is 11.6 Å². The van der Waals surface area contributed by atoms with Crippen LogP contribution in [0.15, 0.2) is 60.9 Å². The van der Waals surface area contributed by atoms with Gasteiger partial charge in [-0.1, -0.05) is 18.2 Å². The predicted octanol–water partition coefficient (Wildman–Crippen LogP) is 4.60. The molecule has 0 bridgehead atoms. The van der Waals surface area contributed by atoms with E-state index in [1.54, 1.807) is 26.6 Å². The van der Waals surface area contributed by atoms with Crippen molar-refractivity contribution in [1.29, 1.82) is 0 Å². The van der Waals surface area contributed by atoms with Gasteiger partial charge in [0, 0.05) is 5.39 Å². The molecule has 4 aromatic rings. The number of aromatic nitrogens is 3. The molecule has 0 saturated carbocycles. The van der Waals surface area contributed by atoms with E-state index < -0.39 is 0 Å². The SMILES string of the molecule is COc1cnc(-c2ccc3cc(C)cc(OCc4cccc(OC)c4)c3n2)nc1. The lowest BCUT2D eigenvalue weighted by Gasteiger charge is -2.12. The molecule has 0 unspecified atom stereocenters. The second-order valence-electron chi connectivity index (χ2n) is 6.62. The van der Waals surface area contributed by atoms with Crippen LogP contribution in [0.4, 0.5) is 0 Å². The average molecular weight is 387 g/mol. The fourth-order valence-electron chi connectivity index (χ4n) is 3.06. The molecule has 0 aliphatic rings. The van der Waals surface area contributed by atoms with Gasteiger partial charge in [-0.2, -0.15) is 0 Å². The maximum atomic E-state index is 6.13. The number of methoxy groups -OCH3 is 2. The van der Waals surface area contributed by atoms with Crippen LogP contribution in [0.2, 0.25) is 0 Å². The van der Waals surface area contributed by atoms with Gasteiger partial charge in [0.1, 0.15) is 29.3 Å². The third-order valence-electron chi connectivity index (χ3n) is 4.52. The van der Waals surface area contributed by atoms with E-state index in [1.807, 2.05) is 49.4 Å². The maximum absolute atomic E-state index is 6.13. The quantitative estimate of drug-likeness (QED) is 0.482. The highest BCUT2D eigenvalue weighted by molar-refractivity contribution is 5.87. The van der Waals surface area contributed by atoms with Gasteiger partial charge in [-0.05, 0) is 48.4 Å². The molecule has 0 atom stereocenters. The minimum absolute atomic E-state index is 0.417. The molecule has 4 rings (SSSR count). The van der Waals surface area contributed by atoms with E-state index in [0.29, 0.717) is 23.9 Å². The normalized spacial score (nSPS) is 10.7. The van der Waals surface area contributed by atoms with Gasteiger partial charge in [-0.3, -0.25) is 0 Å². The van der Waals surface area contributed by atoms with Crippen molar-refractivity contribution in [3.8, 4) is 28.8 Å². The monoisotopic (exact) mass is 387 g/mol. The van der Waals surface area contributed by atoms with Gasteiger partial charge in [0.05, 0.1) is 26.6 Å². The van der Waals surface area contributed by atoms with Crippen LogP contribution in [-0.4, -0.2) is 29.2 Å². The summed E-state index contributed by atoms with van der Waals surface area (Å²) in [5, 5.41) is 1.00. The number of hydrogen-bond donors (Lipinski definition) is 0. The van der Waals surface area contributed by atoms with Crippen molar-refractivity contribution in [2.24, 2.45) is 0 Å². The van der Waals surface area contributed by atoms with Crippen molar-refractivity contribution in [3.63, 3.8) is 0 Å². The zero-order chi connectivity index (χ0) is 20.2. The lowest BCUT2D eigenvalue weighted by molar-refractivity contribution is 0.308. The minimum Gasteiger partial charge on any atom is -0.497 e. The first-order valence-corrected chi connectivity index (χ1v) is 9.20. The Morgan fingerprint density at radius 1 is 0.862 bits per heavy atom. The number of benzene rings is 2. The molecule has 0 amide bonds. The van der Waals surface area contributed by atoms with Crippen LogP contribution in [-0.2, 0) is 6.61 Å². The molecular weight excluding hydrogens is 366 g/mol. The van der Waals surface area contributed by atoms with E-state index in [1.165, 1.54) is 0 Å². The molecule has 2 aromatic carbocycles. The first-order chi connectivity index (χ1) is 14.2. The smallest absolute Gasteiger partial charge is 0.178 e. The molecule has 0 aliphatic heterocycles. The van der Waals surface area contributed by atoms with Crippen molar-refractivity contribution < 1.29 is 14.2 Å². The summed E-state index contributed by atoms with van der Waals surface area (Å²) >= 11 is 0. The summed E-state index contributed by atoms with van der Waals surface area (Å²) in [6.07, 6.45) is 3.26. The van der Waals surface area contributed by atoms with Crippen molar-refractivity contribution in [3.05, 3.63) is 72.1 Å². The Bertz CT molecular complexity index is 1140. The Morgan fingerprint density at radius 3 is 2.41 bits per heavy atom. The lowest BCUT2D eigenvalue weighted by Crippen LogP contribution is -1.99. The lowest BCUT2D eigenvalue weighted by atomic mass is 10.1.